The molecule has 1 aromatic carbocycles. The Balaban J connectivity index is 0.00000162. The Bertz CT molecular complexity index is 621. The third-order valence-corrected chi connectivity index (χ3v) is 2.85. The summed E-state index contributed by atoms with van der Waals surface area (Å²) in [6, 6.07) is 10.2. The molecule has 0 atom stereocenters. The van der Waals surface area contributed by atoms with Gasteiger partial charge in [-0.1, -0.05) is 30.1 Å². The van der Waals surface area contributed by atoms with Gasteiger partial charge < -0.3 is 0 Å². The number of aryl methyl sites for hydroxylation is 1. The van der Waals surface area contributed by atoms with Crippen molar-refractivity contribution in [2.24, 2.45) is 0 Å². The summed E-state index contributed by atoms with van der Waals surface area (Å²) >= 11 is 11.8. The van der Waals surface area contributed by atoms with E-state index in [1.807, 2.05) is 19.1 Å². The third kappa shape index (κ3) is 3.10. The number of pyridine rings is 1. The molecule has 1 heterocycles. The van der Waals surface area contributed by atoms with Crippen molar-refractivity contribution in [3.8, 4) is 11.1 Å². The van der Waals surface area contributed by atoms with E-state index >= 15 is 0 Å². The molecular weight excluding hydrogens is 344 g/mol. The minimum atomic E-state index is 0. The average molecular weight is 351 g/mol. The molecule has 0 bridgehead atoms. The summed E-state index contributed by atoms with van der Waals surface area (Å²) in [7, 11) is 0. The van der Waals surface area contributed by atoms with Crippen LogP contribution in [-0.2, 0) is 32.7 Å². The van der Waals surface area contributed by atoms with E-state index < -0.39 is 0 Å². The van der Waals surface area contributed by atoms with Crippen molar-refractivity contribution in [1.29, 1.82) is 0 Å². The molecule has 2 aromatic rings. The van der Waals surface area contributed by atoms with Gasteiger partial charge in [-0.05, 0) is 11.6 Å². The molecule has 0 spiro atoms. The second-order valence-electron chi connectivity index (χ2n) is 3.48. The molecule has 0 saturated heterocycles. The van der Waals surface area contributed by atoms with E-state index in [0.717, 1.165) is 11.1 Å². The standard InChI is InChI=1S/C13H7Cl2N2.Y/c1-8-5-3-4-6-9(8)10-7-11(14)17-13(15)12(10)16-2;/h4-7H,1H3;/q-1;. The van der Waals surface area contributed by atoms with Crippen LogP contribution in [0, 0.1) is 19.6 Å². The van der Waals surface area contributed by atoms with Gasteiger partial charge in [-0.15, -0.1) is 5.56 Å². The van der Waals surface area contributed by atoms with Gasteiger partial charge >= 0.3 is 0 Å². The molecule has 0 amide bonds. The molecule has 1 radical (unpaired) electrons. The van der Waals surface area contributed by atoms with Crippen LogP contribution in [-0.4, -0.2) is 4.98 Å². The van der Waals surface area contributed by atoms with Crippen LogP contribution in [0.1, 0.15) is 5.56 Å². The molecule has 0 fully saturated rings. The Morgan fingerprint density at radius 2 is 2.06 bits per heavy atom. The van der Waals surface area contributed by atoms with Crippen LogP contribution in [0.3, 0.4) is 0 Å². The normalized spacial score (nSPS) is 9.44. The van der Waals surface area contributed by atoms with Gasteiger partial charge in [-0.3, -0.25) is 0 Å². The minimum absolute atomic E-state index is 0. The first-order valence-corrected chi connectivity index (χ1v) is 5.59. The molecule has 0 aliphatic rings. The zero-order chi connectivity index (χ0) is 12.4. The van der Waals surface area contributed by atoms with Gasteiger partial charge in [-0.2, -0.15) is 29.8 Å². The first-order valence-electron chi connectivity index (χ1n) is 4.84. The van der Waals surface area contributed by atoms with Crippen molar-refractivity contribution in [2.75, 3.05) is 0 Å². The third-order valence-electron chi connectivity index (χ3n) is 2.39. The second-order valence-corrected chi connectivity index (χ2v) is 4.23. The van der Waals surface area contributed by atoms with Crippen LogP contribution >= 0.6 is 23.2 Å². The van der Waals surface area contributed by atoms with Crippen molar-refractivity contribution < 1.29 is 32.7 Å². The molecule has 0 aliphatic carbocycles. The Kier molecular flexibility index (Phi) is 5.75. The van der Waals surface area contributed by atoms with Gasteiger partial charge in [0.05, 0.1) is 6.57 Å². The average Bonchev–Trinajstić information content (AvgIpc) is 2.28. The number of hydrogen-bond donors (Lipinski definition) is 0. The number of nitrogens with zero attached hydrogens (tertiary/aromatic N) is 2. The first kappa shape index (κ1) is 15.6. The fourth-order valence-electron chi connectivity index (χ4n) is 1.61. The summed E-state index contributed by atoms with van der Waals surface area (Å²) < 4.78 is 0. The van der Waals surface area contributed by atoms with E-state index in [4.69, 9.17) is 29.8 Å². The Labute approximate surface area is 141 Å². The predicted octanol–water partition coefficient (Wildman–Crippen LogP) is 4.71. The van der Waals surface area contributed by atoms with Gasteiger partial charge in [0.25, 0.3) is 0 Å². The zero-order valence-electron chi connectivity index (χ0n) is 9.54. The van der Waals surface area contributed by atoms with Crippen molar-refractivity contribution >= 4 is 28.9 Å². The zero-order valence-corrected chi connectivity index (χ0v) is 13.9. The van der Waals surface area contributed by atoms with E-state index in [2.05, 4.69) is 15.9 Å². The quantitative estimate of drug-likeness (QED) is 0.537. The molecule has 2 nitrogen and oxygen atoms in total. The molecule has 0 N–H and O–H groups in total. The molecule has 87 valence electrons. The summed E-state index contributed by atoms with van der Waals surface area (Å²) in [5.74, 6) is 0. The van der Waals surface area contributed by atoms with E-state index in [1.54, 1.807) is 12.1 Å². The SMILES string of the molecule is [C-]#[N+]c1c(-c2cc[c-]cc2C)cc(Cl)nc1Cl.[Y]. The molecular formula is C13H7Cl2N2Y-. The van der Waals surface area contributed by atoms with Crippen molar-refractivity contribution in [3.05, 3.63) is 57.6 Å². The summed E-state index contributed by atoms with van der Waals surface area (Å²) in [5, 5.41) is 0.416. The Hall–Kier alpha value is -0.456. The van der Waals surface area contributed by atoms with E-state index in [0.29, 0.717) is 11.3 Å². The van der Waals surface area contributed by atoms with E-state index in [9.17, 15) is 0 Å². The van der Waals surface area contributed by atoms with E-state index in [-0.39, 0.29) is 43.0 Å². The van der Waals surface area contributed by atoms with Crippen LogP contribution in [0.25, 0.3) is 16.0 Å². The Morgan fingerprint density at radius 1 is 1.33 bits per heavy atom. The van der Waals surface area contributed by atoms with E-state index in [1.165, 1.54) is 0 Å². The van der Waals surface area contributed by atoms with Gasteiger partial charge in [-0.25, -0.2) is 9.83 Å². The smallest absolute Gasteiger partial charge is 0.229 e. The summed E-state index contributed by atoms with van der Waals surface area (Å²) in [6.07, 6.45) is 0. The van der Waals surface area contributed by atoms with Gasteiger partial charge in [0, 0.05) is 32.7 Å². The molecule has 2 rings (SSSR count). The van der Waals surface area contributed by atoms with Crippen LogP contribution in [0.15, 0.2) is 24.3 Å². The monoisotopic (exact) mass is 350 g/mol. The largest absolute Gasteiger partial charge is 0.236 e. The van der Waals surface area contributed by atoms with Crippen LogP contribution in [0.2, 0.25) is 10.3 Å². The van der Waals surface area contributed by atoms with Gasteiger partial charge in [0.1, 0.15) is 10.3 Å². The summed E-state index contributed by atoms with van der Waals surface area (Å²) in [4.78, 5) is 7.28. The number of aromatic nitrogens is 1. The topological polar surface area (TPSA) is 17.2 Å². The predicted molar refractivity (Wildman–Crippen MR) is 69.5 cm³/mol. The molecule has 5 heteroatoms. The number of rotatable bonds is 1. The van der Waals surface area contributed by atoms with Crippen molar-refractivity contribution in [2.45, 2.75) is 6.92 Å². The maximum Gasteiger partial charge on any atom is 0.229 e. The van der Waals surface area contributed by atoms with Gasteiger partial charge in [0.2, 0.25) is 5.69 Å². The maximum absolute atomic E-state index is 7.17. The number of halogens is 2. The molecule has 18 heavy (non-hydrogen) atoms. The fourth-order valence-corrected chi connectivity index (χ4v) is 2.08. The maximum atomic E-state index is 7.17. The van der Waals surface area contributed by atoms with Crippen LogP contribution in [0.5, 0.6) is 0 Å². The van der Waals surface area contributed by atoms with Crippen LogP contribution < -0.4 is 0 Å². The summed E-state index contributed by atoms with van der Waals surface area (Å²) in [5.41, 5.74) is 2.96. The van der Waals surface area contributed by atoms with Crippen molar-refractivity contribution in [1.82, 2.24) is 4.98 Å². The van der Waals surface area contributed by atoms with Gasteiger partial charge in [0.15, 0.2) is 0 Å². The fraction of sp³-hybridized carbons (Fsp3) is 0.0769. The first-order chi connectivity index (χ1) is 8.13. The second kappa shape index (κ2) is 6.64. The molecule has 0 unspecified atom stereocenters. The molecule has 1 aromatic heterocycles. The van der Waals surface area contributed by atoms with Crippen LogP contribution in [0.4, 0.5) is 5.69 Å². The minimum Gasteiger partial charge on any atom is -0.236 e. The number of hydrogen-bond acceptors (Lipinski definition) is 1. The number of benzene rings is 1. The van der Waals surface area contributed by atoms with Crippen molar-refractivity contribution in [3.63, 3.8) is 0 Å². The molecule has 0 saturated carbocycles. The Morgan fingerprint density at radius 3 is 2.67 bits per heavy atom. The molecule has 0 aliphatic heterocycles. The summed E-state index contributed by atoms with van der Waals surface area (Å²) in [6.45, 7) is 9.11.